The van der Waals surface area contributed by atoms with Crippen molar-refractivity contribution < 1.29 is 38.8 Å². The number of nitrogens with zero attached hydrogens (tertiary/aromatic N) is 2. The number of aromatic nitrogens is 2. The highest BCUT2D eigenvalue weighted by molar-refractivity contribution is 5.72. The maximum absolute atomic E-state index is 15.1. The summed E-state index contributed by atoms with van der Waals surface area (Å²) in [6.45, 7) is 2.89. The maximum atomic E-state index is 15.1. The molecule has 0 radical (unpaired) electrons. The molecule has 12 heteroatoms. The number of hydrogen-bond acceptors (Lipinski definition) is 8. The highest BCUT2D eigenvalue weighted by Crippen LogP contribution is 2.64. The molecule has 1 aliphatic heterocycles. The van der Waals surface area contributed by atoms with Crippen molar-refractivity contribution in [1.82, 2.24) is 9.13 Å². The lowest BCUT2D eigenvalue weighted by atomic mass is 9.53. The largest absolute Gasteiger partial charge is 0.480 e. The second-order valence-corrected chi connectivity index (χ2v) is 12.8. The zero-order valence-electron chi connectivity index (χ0n) is 24.1. The van der Waals surface area contributed by atoms with Crippen molar-refractivity contribution in [2.45, 2.75) is 89.2 Å². The first-order valence-electron chi connectivity index (χ1n) is 15.0. The Hall–Kier alpha value is -3.35. The number of fused-ring (bicyclic) bond motifs is 5. The number of esters is 1. The Bertz CT molecular complexity index is 1570. The van der Waals surface area contributed by atoms with E-state index in [1.807, 2.05) is 25.1 Å². The second-order valence-electron chi connectivity index (χ2n) is 12.8. The number of aryl methyl sites for hydroxylation is 1. The Balaban J connectivity index is 1.33. The van der Waals surface area contributed by atoms with Gasteiger partial charge in [0.05, 0.1) is 18.9 Å². The summed E-state index contributed by atoms with van der Waals surface area (Å²) in [6, 6.07) is 4.18. The molecule has 3 fully saturated rings. The molecule has 232 valence electrons. The second kappa shape index (κ2) is 11.0. The van der Waals surface area contributed by atoms with Gasteiger partial charge in [-0.05, 0) is 90.9 Å². The third kappa shape index (κ3) is 4.83. The number of aliphatic hydroxyl groups excluding tert-OH is 2. The molecule has 11 nitrogen and oxygen atoms in total. The zero-order chi connectivity index (χ0) is 30.8. The molecular formula is C31H37FN2O9. The van der Waals surface area contributed by atoms with Gasteiger partial charge in [0, 0.05) is 13.3 Å². The summed E-state index contributed by atoms with van der Waals surface area (Å²) in [7, 11) is 0. The Morgan fingerprint density at radius 2 is 1.98 bits per heavy atom. The van der Waals surface area contributed by atoms with Crippen LogP contribution in [-0.2, 0) is 20.7 Å². The van der Waals surface area contributed by atoms with E-state index in [0.717, 1.165) is 35.8 Å². The van der Waals surface area contributed by atoms with E-state index >= 15 is 4.39 Å². The first kappa shape index (κ1) is 29.7. The third-order valence-corrected chi connectivity index (χ3v) is 10.7. The summed E-state index contributed by atoms with van der Waals surface area (Å²) in [5.41, 5.74) is -0.468. The van der Waals surface area contributed by atoms with Gasteiger partial charge in [-0.2, -0.15) is 4.39 Å². The van der Waals surface area contributed by atoms with Gasteiger partial charge in [-0.3, -0.25) is 14.2 Å². The molecule has 1 unspecified atom stereocenters. The lowest BCUT2D eigenvalue weighted by Crippen LogP contribution is -2.51. The standard InChI is InChI=1S/C31H37FN2O9/c1-15(36)42-17-4-6-18-16(11-17)3-5-20-19(18)9-10-31(2)21(20)7-8-22(31)27(29(39)40)34-28(38)23(32)13-33(30(34)41)26-12-24(37)25(14-35)43-26/h4,6,11,13,19-22,24-27,35,37H,3,5,7-10,12,14H2,1-2H3,(H,39,40)/t19-,20-,21+,22-,24+,25-,26-,27?,31+/m1/s1. The van der Waals surface area contributed by atoms with Crippen LogP contribution >= 0.6 is 0 Å². The monoisotopic (exact) mass is 600 g/mol. The van der Waals surface area contributed by atoms with Gasteiger partial charge < -0.3 is 24.8 Å². The van der Waals surface area contributed by atoms with E-state index < -0.39 is 65.5 Å². The number of benzene rings is 1. The molecule has 4 aliphatic rings. The maximum Gasteiger partial charge on any atom is 0.334 e. The van der Waals surface area contributed by atoms with E-state index in [1.165, 1.54) is 12.5 Å². The Morgan fingerprint density at radius 1 is 1.21 bits per heavy atom. The average Bonchev–Trinajstić information content (AvgIpc) is 3.51. The minimum atomic E-state index is -1.59. The number of aliphatic hydroxyl groups is 2. The smallest absolute Gasteiger partial charge is 0.334 e. The first-order chi connectivity index (χ1) is 20.4. The summed E-state index contributed by atoms with van der Waals surface area (Å²) in [6.07, 6.45) is 1.62. The molecule has 1 aromatic heterocycles. The number of halogens is 1. The van der Waals surface area contributed by atoms with Crippen molar-refractivity contribution in [3.63, 3.8) is 0 Å². The third-order valence-electron chi connectivity index (χ3n) is 10.7. The van der Waals surface area contributed by atoms with Gasteiger partial charge in [0.25, 0.3) is 5.56 Å². The van der Waals surface area contributed by atoms with Crippen molar-refractivity contribution in [1.29, 1.82) is 0 Å². The van der Waals surface area contributed by atoms with Crippen LogP contribution in [0.1, 0.15) is 81.7 Å². The number of aliphatic carboxylic acids is 1. The molecule has 6 rings (SSSR count). The summed E-state index contributed by atoms with van der Waals surface area (Å²) in [5, 5.41) is 30.1. The van der Waals surface area contributed by atoms with E-state index in [2.05, 4.69) is 0 Å². The number of ether oxygens (including phenoxy) is 2. The van der Waals surface area contributed by atoms with Crippen LogP contribution < -0.4 is 16.0 Å². The summed E-state index contributed by atoms with van der Waals surface area (Å²) < 4.78 is 27.2. The number of carboxylic acid groups (broad SMARTS) is 1. The highest BCUT2D eigenvalue weighted by Gasteiger charge is 2.58. The predicted molar refractivity (Wildman–Crippen MR) is 149 cm³/mol. The van der Waals surface area contributed by atoms with Crippen molar-refractivity contribution in [2.75, 3.05) is 6.61 Å². The molecule has 3 aliphatic carbocycles. The summed E-state index contributed by atoms with van der Waals surface area (Å²) in [4.78, 5) is 51.1. The summed E-state index contributed by atoms with van der Waals surface area (Å²) in [5.74, 6) is -2.45. The van der Waals surface area contributed by atoms with E-state index in [0.29, 0.717) is 29.4 Å². The SMILES string of the molecule is CC(=O)Oc1ccc2c(c1)CC[C@@H]1[C@@H]2CC[C@]2(C)[C@@H](C(C(=O)O)n3c(=O)c(F)cn([C@H]4C[C@H](O)[C@@H](CO)O4)c3=O)CC[C@@H]12. The highest BCUT2D eigenvalue weighted by atomic mass is 19.1. The quantitative estimate of drug-likeness (QED) is 0.335. The van der Waals surface area contributed by atoms with Gasteiger partial charge in [0.15, 0.2) is 0 Å². The molecule has 9 atom stereocenters. The van der Waals surface area contributed by atoms with Gasteiger partial charge in [-0.15, -0.1) is 0 Å². The van der Waals surface area contributed by atoms with Crippen LogP contribution in [0.5, 0.6) is 5.75 Å². The lowest BCUT2D eigenvalue weighted by Gasteiger charge is -2.51. The van der Waals surface area contributed by atoms with E-state index in [1.54, 1.807) is 0 Å². The van der Waals surface area contributed by atoms with Gasteiger partial charge in [-0.25, -0.2) is 14.2 Å². The van der Waals surface area contributed by atoms with Crippen molar-refractivity contribution in [3.05, 3.63) is 62.2 Å². The molecule has 0 spiro atoms. The Morgan fingerprint density at radius 3 is 2.65 bits per heavy atom. The van der Waals surface area contributed by atoms with Gasteiger partial charge in [-0.1, -0.05) is 13.0 Å². The molecule has 2 saturated carbocycles. The van der Waals surface area contributed by atoms with Crippen LogP contribution in [0, 0.1) is 29.0 Å². The number of carbonyl (C=O) groups excluding carboxylic acids is 1. The molecule has 1 saturated heterocycles. The van der Waals surface area contributed by atoms with Gasteiger partial charge >= 0.3 is 17.6 Å². The molecule has 3 N–H and O–H groups in total. The number of hydrogen-bond donors (Lipinski definition) is 3. The summed E-state index contributed by atoms with van der Waals surface area (Å²) >= 11 is 0. The number of carboxylic acids is 1. The van der Waals surface area contributed by atoms with E-state index in [-0.39, 0.29) is 30.1 Å². The number of rotatable bonds is 6. The molecular weight excluding hydrogens is 563 g/mol. The van der Waals surface area contributed by atoms with Crippen molar-refractivity contribution >= 4 is 11.9 Å². The lowest BCUT2D eigenvalue weighted by molar-refractivity contribution is -0.145. The first-order valence-corrected chi connectivity index (χ1v) is 15.0. The predicted octanol–water partition coefficient (Wildman–Crippen LogP) is 2.51. The van der Waals surface area contributed by atoms with Crippen LogP contribution in [0.2, 0.25) is 0 Å². The minimum Gasteiger partial charge on any atom is -0.480 e. The average molecular weight is 601 g/mol. The minimum absolute atomic E-state index is 0.128. The van der Waals surface area contributed by atoms with Crippen molar-refractivity contribution in [3.8, 4) is 5.75 Å². The normalized spacial score (nSPS) is 33.7. The molecule has 1 aromatic carbocycles. The number of carbonyl (C=O) groups is 2. The van der Waals surface area contributed by atoms with Crippen LogP contribution in [-0.4, -0.2) is 55.2 Å². The molecule has 0 bridgehead atoms. The fourth-order valence-corrected chi connectivity index (χ4v) is 8.87. The van der Waals surface area contributed by atoms with Gasteiger partial charge in [0.1, 0.15) is 24.1 Å². The molecule has 43 heavy (non-hydrogen) atoms. The van der Waals surface area contributed by atoms with Crippen LogP contribution in [0.4, 0.5) is 4.39 Å². The molecule has 0 amide bonds. The Labute approximate surface area is 246 Å². The molecule has 2 aromatic rings. The zero-order valence-corrected chi connectivity index (χ0v) is 24.1. The van der Waals surface area contributed by atoms with Crippen LogP contribution in [0.3, 0.4) is 0 Å². The topological polar surface area (TPSA) is 157 Å². The van der Waals surface area contributed by atoms with E-state index in [9.17, 15) is 34.5 Å². The van der Waals surface area contributed by atoms with Crippen molar-refractivity contribution in [2.24, 2.45) is 23.2 Å². The Kier molecular flexibility index (Phi) is 7.58. The van der Waals surface area contributed by atoms with Crippen LogP contribution in [0.25, 0.3) is 0 Å². The van der Waals surface area contributed by atoms with Gasteiger partial charge in [0.2, 0.25) is 5.82 Å². The van der Waals surface area contributed by atoms with Crippen LogP contribution in [0.15, 0.2) is 34.0 Å². The van der Waals surface area contributed by atoms with E-state index in [4.69, 9.17) is 9.47 Å². The fraction of sp³-hybridized carbons (Fsp3) is 0.613. The molecule has 2 heterocycles. The fourth-order valence-electron chi connectivity index (χ4n) is 8.87.